The topological polar surface area (TPSA) is 107 Å². The number of nitrogens with one attached hydrogen (secondary N) is 1. The number of anilines is 1. The monoisotopic (exact) mass is 382 g/mol. The first-order chi connectivity index (χ1) is 13.4. The number of carboxylic acids is 1. The standard InChI is InChI=1S/C21H22N2O5/c1-13-8-9-16(18(24)11-13)19(25)22-15-6-4-5-14(12-15)20(26)23-10-3-2-7-17(23)21(27)28/h4-6,8-9,11-12,17,24H,2-3,7,10H2,1H3,(H,22,25)(H,27,28). The quantitative estimate of drug-likeness (QED) is 0.753. The Bertz CT molecular complexity index is 925. The van der Waals surface area contributed by atoms with Gasteiger partial charge in [-0.05, 0) is 62.1 Å². The summed E-state index contributed by atoms with van der Waals surface area (Å²) in [5, 5.41) is 22.0. The Morgan fingerprint density at radius 1 is 1.11 bits per heavy atom. The number of likely N-dealkylation sites (tertiary alicyclic amines) is 1. The maximum absolute atomic E-state index is 12.8. The van der Waals surface area contributed by atoms with Crippen LogP contribution in [0.15, 0.2) is 42.5 Å². The summed E-state index contributed by atoms with van der Waals surface area (Å²) in [6.07, 6.45) is 1.97. The van der Waals surface area contributed by atoms with Crippen LogP contribution in [0.4, 0.5) is 5.69 Å². The van der Waals surface area contributed by atoms with E-state index in [1.165, 1.54) is 23.1 Å². The molecular weight excluding hydrogens is 360 g/mol. The number of carboxylic acid groups (broad SMARTS) is 1. The molecule has 0 saturated carbocycles. The lowest BCUT2D eigenvalue weighted by molar-refractivity contribution is -0.143. The highest BCUT2D eigenvalue weighted by atomic mass is 16.4. The Kier molecular flexibility index (Phi) is 5.63. The van der Waals surface area contributed by atoms with Gasteiger partial charge in [-0.15, -0.1) is 0 Å². The van der Waals surface area contributed by atoms with Gasteiger partial charge >= 0.3 is 5.97 Å². The molecule has 0 aliphatic carbocycles. The van der Waals surface area contributed by atoms with Crippen LogP contribution in [0.5, 0.6) is 5.75 Å². The molecular formula is C21H22N2O5. The summed E-state index contributed by atoms with van der Waals surface area (Å²) in [5.74, 6) is -2.00. The first kappa shape index (κ1) is 19.4. The predicted octanol–water partition coefficient (Wildman–Crippen LogP) is 3.03. The molecule has 7 nitrogen and oxygen atoms in total. The molecule has 7 heteroatoms. The number of phenols is 1. The molecule has 1 atom stereocenters. The fourth-order valence-corrected chi connectivity index (χ4v) is 3.36. The minimum atomic E-state index is -1.01. The van der Waals surface area contributed by atoms with E-state index >= 15 is 0 Å². The van der Waals surface area contributed by atoms with Gasteiger partial charge in [0.2, 0.25) is 0 Å². The van der Waals surface area contributed by atoms with Crippen LogP contribution in [0, 0.1) is 6.92 Å². The number of aliphatic carboxylic acids is 1. The van der Waals surface area contributed by atoms with Gasteiger partial charge in [-0.25, -0.2) is 4.79 Å². The van der Waals surface area contributed by atoms with Crippen LogP contribution < -0.4 is 5.32 Å². The second-order valence-electron chi connectivity index (χ2n) is 6.90. The molecule has 1 aliphatic heterocycles. The Balaban J connectivity index is 1.79. The van der Waals surface area contributed by atoms with Gasteiger partial charge in [-0.2, -0.15) is 0 Å². The van der Waals surface area contributed by atoms with E-state index in [9.17, 15) is 24.6 Å². The Hall–Kier alpha value is -3.35. The molecule has 3 rings (SSSR count). The fourth-order valence-electron chi connectivity index (χ4n) is 3.36. The van der Waals surface area contributed by atoms with E-state index in [1.807, 2.05) is 6.92 Å². The molecule has 1 heterocycles. The molecule has 0 radical (unpaired) electrons. The van der Waals surface area contributed by atoms with E-state index in [2.05, 4.69) is 5.32 Å². The number of nitrogens with zero attached hydrogens (tertiary/aromatic N) is 1. The van der Waals surface area contributed by atoms with Crippen LogP contribution >= 0.6 is 0 Å². The number of hydrogen-bond donors (Lipinski definition) is 3. The number of phenolic OH excluding ortho intramolecular Hbond substituents is 1. The van der Waals surface area contributed by atoms with E-state index < -0.39 is 17.9 Å². The van der Waals surface area contributed by atoms with E-state index in [1.54, 1.807) is 24.3 Å². The molecule has 2 aromatic rings. The Labute approximate surface area is 162 Å². The zero-order valence-corrected chi connectivity index (χ0v) is 15.5. The van der Waals surface area contributed by atoms with Gasteiger partial charge in [0.25, 0.3) is 11.8 Å². The summed E-state index contributed by atoms with van der Waals surface area (Å²) < 4.78 is 0. The molecule has 1 unspecified atom stereocenters. The van der Waals surface area contributed by atoms with E-state index in [0.717, 1.165) is 18.4 Å². The summed E-state index contributed by atoms with van der Waals surface area (Å²) in [6.45, 7) is 2.20. The fraction of sp³-hybridized carbons (Fsp3) is 0.286. The minimum absolute atomic E-state index is 0.123. The van der Waals surface area contributed by atoms with Crippen molar-refractivity contribution in [3.05, 3.63) is 59.2 Å². The van der Waals surface area contributed by atoms with E-state index in [4.69, 9.17) is 0 Å². The average Bonchev–Trinajstić information content (AvgIpc) is 2.67. The van der Waals surface area contributed by atoms with Crippen molar-refractivity contribution in [2.75, 3.05) is 11.9 Å². The second kappa shape index (κ2) is 8.12. The Morgan fingerprint density at radius 2 is 1.89 bits per heavy atom. The van der Waals surface area contributed by atoms with Crippen LogP contribution in [-0.4, -0.2) is 45.5 Å². The van der Waals surface area contributed by atoms with E-state index in [-0.39, 0.29) is 17.2 Å². The highest BCUT2D eigenvalue weighted by Gasteiger charge is 2.32. The highest BCUT2D eigenvalue weighted by molar-refractivity contribution is 6.07. The molecule has 0 spiro atoms. The third-order valence-corrected chi connectivity index (χ3v) is 4.81. The molecule has 0 aromatic heterocycles. The van der Waals surface area contributed by atoms with Gasteiger partial charge < -0.3 is 20.4 Å². The third-order valence-electron chi connectivity index (χ3n) is 4.81. The number of amides is 2. The zero-order chi connectivity index (χ0) is 20.3. The van der Waals surface area contributed by atoms with Crippen LogP contribution in [0.25, 0.3) is 0 Å². The molecule has 28 heavy (non-hydrogen) atoms. The number of benzene rings is 2. The first-order valence-corrected chi connectivity index (χ1v) is 9.11. The summed E-state index contributed by atoms with van der Waals surface area (Å²) in [4.78, 5) is 38.1. The summed E-state index contributed by atoms with van der Waals surface area (Å²) >= 11 is 0. The second-order valence-corrected chi connectivity index (χ2v) is 6.90. The first-order valence-electron chi connectivity index (χ1n) is 9.11. The maximum atomic E-state index is 12.8. The normalized spacial score (nSPS) is 16.5. The molecule has 1 saturated heterocycles. The number of aromatic hydroxyl groups is 1. The number of aryl methyl sites for hydroxylation is 1. The van der Waals surface area contributed by atoms with Gasteiger partial charge in [0.1, 0.15) is 11.8 Å². The van der Waals surface area contributed by atoms with Crippen LogP contribution in [0.1, 0.15) is 45.5 Å². The highest BCUT2D eigenvalue weighted by Crippen LogP contribution is 2.23. The molecule has 2 aromatic carbocycles. The Morgan fingerprint density at radius 3 is 2.61 bits per heavy atom. The number of piperidine rings is 1. The van der Waals surface area contributed by atoms with Crippen molar-refractivity contribution >= 4 is 23.5 Å². The number of hydrogen-bond acceptors (Lipinski definition) is 4. The van der Waals surface area contributed by atoms with Crippen molar-refractivity contribution < 1.29 is 24.6 Å². The van der Waals surface area contributed by atoms with Gasteiger partial charge in [0.15, 0.2) is 0 Å². The van der Waals surface area contributed by atoms with Crippen molar-refractivity contribution in [3.63, 3.8) is 0 Å². The number of carbonyl (C=O) groups excluding carboxylic acids is 2. The maximum Gasteiger partial charge on any atom is 0.326 e. The van der Waals surface area contributed by atoms with Gasteiger partial charge in [0, 0.05) is 17.8 Å². The number of carbonyl (C=O) groups is 3. The lowest BCUT2D eigenvalue weighted by Crippen LogP contribution is -2.48. The number of rotatable bonds is 4. The summed E-state index contributed by atoms with van der Waals surface area (Å²) in [5.41, 5.74) is 1.65. The zero-order valence-electron chi connectivity index (χ0n) is 15.5. The van der Waals surface area contributed by atoms with Crippen molar-refractivity contribution in [1.82, 2.24) is 4.90 Å². The van der Waals surface area contributed by atoms with E-state index in [0.29, 0.717) is 24.2 Å². The lowest BCUT2D eigenvalue weighted by atomic mass is 10.0. The molecule has 0 bridgehead atoms. The van der Waals surface area contributed by atoms with Gasteiger partial charge in [-0.1, -0.05) is 12.1 Å². The average molecular weight is 382 g/mol. The van der Waals surface area contributed by atoms with Gasteiger partial charge in [0.05, 0.1) is 5.56 Å². The van der Waals surface area contributed by atoms with Crippen LogP contribution in [-0.2, 0) is 4.79 Å². The largest absolute Gasteiger partial charge is 0.507 e. The van der Waals surface area contributed by atoms with Crippen molar-refractivity contribution in [1.29, 1.82) is 0 Å². The third kappa shape index (κ3) is 4.14. The molecule has 1 fully saturated rings. The SMILES string of the molecule is Cc1ccc(C(=O)Nc2cccc(C(=O)N3CCCCC3C(=O)O)c2)c(O)c1. The predicted molar refractivity (Wildman–Crippen MR) is 104 cm³/mol. The van der Waals surface area contributed by atoms with Gasteiger partial charge in [-0.3, -0.25) is 9.59 Å². The summed E-state index contributed by atoms with van der Waals surface area (Å²) in [6, 6.07) is 10.3. The minimum Gasteiger partial charge on any atom is -0.507 e. The molecule has 2 amide bonds. The summed E-state index contributed by atoms with van der Waals surface area (Å²) in [7, 11) is 0. The van der Waals surface area contributed by atoms with Crippen molar-refractivity contribution in [2.45, 2.75) is 32.2 Å². The van der Waals surface area contributed by atoms with Crippen LogP contribution in [0.3, 0.4) is 0 Å². The smallest absolute Gasteiger partial charge is 0.326 e. The molecule has 1 aliphatic rings. The van der Waals surface area contributed by atoms with Crippen LogP contribution in [0.2, 0.25) is 0 Å². The van der Waals surface area contributed by atoms with Crippen molar-refractivity contribution in [3.8, 4) is 5.75 Å². The molecule has 3 N–H and O–H groups in total. The molecule has 146 valence electrons. The lowest BCUT2D eigenvalue weighted by Gasteiger charge is -2.33. The van der Waals surface area contributed by atoms with Crippen molar-refractivity contribution in [2.24, 2.45) is 0 Å².